The van der Waals surface area contributed by atoms with Crippen LogP contribution in [0.25, 0.3) is 22.3 Å². The highest BCUT2D eigenvalue weighted by molar-refractivity contribution is 9.10. The maximum Gasteiger partial charge on any atom is 0.264 e. The molecule has 0 saturated carbocycles. The van der Waals surface area contributed by atoms with Crippen LogP contribution >= 0.6 is 15.9 Å². The number of carbonyl (C=O) groups excluding carboxylic acids is 1. The van der Waals surface area contributed by atoms with Crippen LogP contribution in [0.2, 0.25) is 0 Å². The minimum absolute atomic E-state index is 0.189. The molecule has 0 atom stereocenters. The van der Waals surface area contributed by atoms with Gasteiger partial charge in [0.2, 0.25) is 5.91 Å². The van der Waals surface area contributed by atoms with Gasteiger partial charge in [-0.3, -0.25) is 14.2 Å². The minimum Gasteiger partial charge on any atom is -0.307 e. The zero-order chi connectivity index (χ0) is 26.3. The maximum atomic E-state index is 14.0. The third-order valence-corrected chi connectivity index (χ3v) is 6.42. The summed E-state index contributed by atoms with van der Waals surface area (Å²) in [5, 5.41) is 15.9. The zero-order valence-corrected chi connectivity index (χ0v) is 21.9. The number of hydrogen-bond acceptors (Lipinski definition) is 5. The third kappa shape index (κ3) is 5.15. The van der Waals surface area contributed by atoms with E-state index < -0.39 is 12.3 Å². The van der Waals surface area contributed by atoms with Crippen molar-refractivity contribution in [1.82, 2.24) is 34.3 Å². The second-order valence-corrected chi connectivity index (χ2v) is 9.66. The van der Waals surface area contributed by atoms with Crippen LogP contribution in [-0.2, 0) is 24.9 Å². The number of aryl methyl sites for hydroxylation is 3. The van der Waals surface area contributed by atoms with E-state index in [1.54, 1.807) is 41.9 Å². The molecule has 0 saturated heterocycles. The van der Waals surface area contributed by atoms with Crippen LogP contribution in [0.3, 0.4) is 0 Å². The molecule has 4 aromatic heterocycles. The smallest absolute Gasteiger partial charge is 0.264 e. The number of carbonyl (C=O) groups is 1. The number of alkyl halides is 2. The zero-order valence-electron chi connectivity index (χ0n) is 20.3. The molecule has 1 aromatic carbocycles. The van der Waals surface area contributed by atoms with Crippen LogP contribution < -0.4 is 5.32 Å². The maximum absolute atomic E-state index is 14.0. The fraction of sp³-hybridized carbons (Fsp3) is 0.240. The number of anilines is 1. The highest BCUT2D eigenvalue weighted by Crippen LogP contribution is 2.33. The second-order valence-electron chi connectivity index (χ2n) is 8.80. The Kier molecular flexibility index (Phi) is 6.59. The van der Waals surface area contributed by atoms with Crippen LogP contribution in [0.4, 0.5) is 14.6 Å². The Morgan fingerprint density at radius 2 is 1.97 bits per heavy atom. The molecule has 9 nitrogen and oxygen atoms in total. The van der Waals surface area contributed by atoms with Crippen molar-refractivity contribution in [1.29, 1.82) is 0 Å². The topological polar surface area (TPSA) is 95.5 Å². The molecule has 0 spiro atoms. The van der Waals surface area contributed by atoms with Gasteiger partial charge in [0.15, 0.2) is 11.5 Å². The first-order valence-electron chi connectivity index (χ1n) is 11.4. The van der Waals surface area contributed by atoms with Crippen LogP contribution in [0, 0.1) is 13.8 Å². The largest absolute Gasteiger partial charge is 0.307 e. The van der Waals surface area contributed by atoms with Gasteiger partial charge in [0.05, 0.1) is 34.0 Å². The van der Waals surface area contributed by atoms with Gasteiger partial charge in [-0.1, -0.05) is 29.8 Å². The van der Waals surface area contributed by atoms with Gasteiger partial charge in [-0.2, -0.15) is 15.3 Å². The molecule has 1 amide bonds. The molecule has 1 N–H and O–H groups in total. The summed E-state index contributed by atoms with van der Waals surface area (Å²) in [5.41, 5.74) is 3.52. The molecule has 5 aromatic rings. The van der Waals surface area contributed by atoms with Gasteiger partial charge in [-0.25, -0.2) is 18.4 Å². The molecule has 0 aliphatic carbocycles. The normalized spacial score (nSPS) is 11.5. The SMILES string of the molecule is Cc1cccc(Cn2cc(Br)c(NC(=O)Cn3nc(C)c4c(C(F)F)cc(-c5cnn(C)c5)nc43)n2)c1. The molecular weight excluding hydrogens is 546 g/mol. The number of halogens is 3. The summed E-state index contributed by atoms with van der Waals surface area (Å²) in [4.78, 5) is 17.5. The van der Waals surface area contributed by atoms with Gasteiger partial charge in [0.1, 0.15) is 6.54 Å². The van der Waals surface area contributed by atoms with Crippen molar-refractivity contribution >= 4 is 38.7 Å². The average Bonchev–Trinajstić information content (AvgIpc) is 3.51. The molecule has 0 radical (unpaired) electrons. The number of rotatable bonds is 7. The van der Waals surface area contributed by atoms with E-state index in [0.29, 0.717) is 33.8 Å². The Labute approximate surface area is 219 Å². The number of benzene rings is 1. The lowest BCUT2D eigenvalue weighted by Gasteiger charge is -2.08. The quantitative estimate of drug-likeness (QED) is 0.297. The number of fused-ring (bicyclic) bond motifs is 1. The van der Waals surface area contributed by atoms with Gasteiger partial charge in [0.25, 0.3) is 6.43 Å². The van der Waals surface area contributed by atoms with E-state index in [1.165, 1.54) is 10.7 Å². The first-order chi connectivity index (χ1) is 17.7. The molecular formula is C25H23BrF2N8O. The Morgan fingerprint density at radius 1 is 1.16 bits per heavy atom. The summed E-state index contributed by atoms with van der Waals surface area (Å²) in [6.45, 7) is 3.95. The van der Waals surface area contributed by atoms with Crippen LogP contribution in [0.15, 0.2) is 53.4 Å². The van der Waals surface area contributed by atoms with Crippen LogP contribution in [-0.4, -0.2) is 40.2 Å². The van der Waals surface area contributed by atoms with Crippen LogP contribution in [0.1, 0.15) is 28.8 Å². The fourth-order valence-corrected chi connectivity index (χ4v) is 4.65. The summed E-state index contributed by atoms with van der Waals surface area (Å²) in [7, 11) is 1.73. The Hall–Kier alpha value is -3.93. The molecule has 0 unspecified atom stereocenters. The first kappa shape index (κ1) is 24.8. The molecule has 37 heavy (non-hydrogen) atoms. The van der Waals surface area contributed by atoms with Gasteiger partial charge >= 0.3 is 0 Å². The van der Waals surface area contributed by atoms with Gasteiger partial charge in [0, 0.05) is 30.6 Å². The highest BCUT2D eigenvalue weighted by atomic mass is 79.9. The van der Waals surface area contributed by atoms with E-state index in [9.17, 15) is 13.6 Å². The number of aromatic nitrogens is 7. The summed E-state index contributed by atoms with van der Waals surface area (Å²) in [5.74, 6) is -0.0683. The monoisotopic (exact) mass is 568 g/mol. The summed E-state index contributed by atoms with van der Waals surface area (Å²) in [6, 6.07) is 9.43. The van der Waals surface area contributed by atoms with Crippen molar-refractivity contribution in [3.63, 3.8) is 0 Å². The number of nitrogens with zero attached hydrogens (tertiary/aromatic N) is 7. The number of amides is 1. The van der Waals surface area contributed by atoms with Crippen molar-refractivity contribution in [2.75, 3.05) is 5.32 Å². The van der Waals surface area contributed by atoms with E-state index >= 15 is 0 Å². The van der Waals surface area contributed by atoms with Crippen molar-refractivity contribution < 1.29 is 13.6 Å². The Morgan fingerprint density at radius 3 is 2.68 bits per heavy atom. The average molecular weight is 569 g/mol. The number of hydrogen-bond donors (Lipinski definition) is 1. The van der Waals surface area contributed by atoms with Gasteiger partial charge < -0.3 is 5.32 Å². The highest BCUT2D eigenvalue weighted by Gasteiger charge is 2.23. The summed E-state index contributed by atoms with van der Waals surface area (Å²) >= 11 is 3.44. The molecule has 0 bridgehead atoms. The standard InChI is InChI=1S/C25H23BrF2N8O/c1-14-5-4-6-16(7-14)10-35-12-19(26)24(33-35)31-21(37)13-36-25-22(15(2)32-36)18(23(27)28)8-20(30-25)17-9-29-34(3)11-17/h4-9,11-12,23H,10,13H2,1-3H3,(H,31,33,37). The Balaban J connectivity index is 1.41. The van der Waals surface area contributed by atoms with E-state index in [2.05, 4.69) is 47.6 Å². The molecule has 0 fully saturated rings. The first-order valence-corrected chi connectivity index (χ1v) is 12.2. The van der Waals surface area contributed by atoms with Crippen molar-refractivity contribution in [3.8, 4) is 11.3 Å². The number of pyridine rings is 1. The van der Waals surface area contributed by atoms with Gasteiger partial charge in [-0.15, -0.1) is 0 Å². The van der Waals surface area contributed by atoms with Crippen molar-refractivity contribution in [2.45, 2.75) is 33.4 Å². The third-order valence-electron chi connectivity index (χ3n) is 5.84. The van der Waals surface area contributed by atoms with E-state index in [4.69, 9.17) is 0 Å². The van der Waals surface area contributed by atoms with Crippen molar-refractivity contribution in [3.05, 3.63) is 75.8 Å². The Bertz CT molecular complexity index is 1620. The lowest BCUT2D eigenvalue weighted by atomic mass is 10.1. The predicted octanol–water partition coefficient (Wildman–Crippen LogP) is 5.03. The summed E-state index contributed by atoms with van der Waals surface area (Å²) in [6.07, 6.45) is 2.28. The van der Waals surface area contributed by atoms with Gasteiger partial charge in [-0.05, 0) is 41.4 Å². The van der Waals surface area contributed by atoms with Crippen LogP contribution in [0.5, 0.6) is 0 Å². The predicted molar refractivity (Wildman–Crippen MR) is 138 cm³/mol. The minimum atomic E-state index is -2.74. The van der Waals surface area contributed by atoms with Crippen molar-refractivity contribution in [2.24, 2.45) is 7.05 Å². The van der Waals surface area contributed by atoms with E-state index in [0.717, 1.165) is 11.1 Å². The summed E-state index contributed by atoms with van der Waals surface area (Å²) < 4.78 is 33.2. The lowest BCUT2D eigenvalue weighted by molar-refractivity contribution is -0.116. The van der Waals surface area contributed by atoms with E-state index in [1.807, 2.05) is 25.1 Å². The molecule has 190 valence electrons. The molecule has 12 heteroatoms. The molecule has 5 rings (SSSR count). The number of nitrogens with one attached hydrogen (secondary N) is 1. The lowest BCUT2D eigenvalue weighted by Crippen LogP contribution is -2.20. The molecule has 0 aliphatic heterocycles. The second kappa shape index (κ2) is 9.85. The van der Waals surface area contributed by atoms with E-state index in [-0.39, 0.29) is 23.1 Å². The molecule has 4 heterocycles. The molecule has 0 aliphatic rings. The fourth-order valence-electron chi connectivity index (χ4n) is 4.24.